The van der Waals surface area contributed by atoms with Crippen LogP contribution in [0.3, 0.4) is 0 Å². The molecular weight excluding hydrogens is 294 g/mol. The van der Waals surface area contributed by atoms with Crippen LogP contribution in [0.15, 0.2) is 30.5 Å². The molecule has 23 heavy (non-hydrogen) atoms. The summed E-state index contributed by atoms with van der Waals surface area (Å²) in [7, 11) is 0. The molecule has 0 radical (unpaired) electrons. The van der Waals surface area contributed by atoms with Crippen LogP contribution in [0.4, 0.5) is 10.5 Å². The third kappa shape index (κ3) is 4.46. The number of aromatic nitrogens is 1. The van der Waals surface area contributed by atoms with E-state index in [1.807, 2.05) is 44.3 Å². The number of nitrogens with one attached hydrogen (secondary N) is 2. The van der Waals surface area contributed by atoms with Gasteiger partial charge < -0.3 is 24.7 Å². The lowest BCUT2D eigenvalue weighted by Crippen LogP contribution is -2.37. The quantitative estimate of drug-likeness (QED) is 0.735. The Morgan fingerprint density at radius 2 is 1.87 bits per heavy atom. The molecule has 126 valence electrons. The van der Waals surface area contributed by atoms with Crippen molar-refractivity contribution in [1.82, 2.24) is 9.88 Å². The minimum Gasteiger partial charge on any atom is -0.351 e. The number of nitrogens with zero attached hydrogens (tertiary/aromatic N) is 1. The lowest BCUT2D eigenvalue weighted by Gasteiger charge is -2.17. The Bertz CT molecular complexity index is 633. The minimum absolute atomic E-state index is 0.270. The number of rotatable bonds is 8. The first-order valence-electron chi connectivity index (χ1n) is 8.05. The number of hydrogen-bond acceptors (Lipinski definition) is 3. The Morgan fingerprint density at radius 1 is 1.17 bits per heavy atom. The molecule has 0 unspecified atom stereocenters. The number of carbonyl (C=O) groups excluding carboxylic acids is 1. The van der Waals surface area contributed by atoms with Crippen LogP contribution in [-0.2, 0) is 16.0 Å². The number of carbonyl (C=O) groups is 1. The molecule has 0 aliphatic rings. The zero-order valence-corrected chi connectivity index (χ0v) is 14.0. The molecule has 6 nitrogen and oxygen atoms in total. The number of benzene rings is 1. The van der Waals surface area contributed by atoms with E-state index in [0.717, 1.165) is 23.1 Å². The fourth-order valence-electron chi connectivity index (χ4n) is 2.49. The van der Waals surface area contributed by atoms with Crippen LogP contribution >= 0.6 is 0 Å². The second-order valence-electron chi connectivity index (χ2n) is 5.02. The van der Waals surface area contributed by atoms with Crippen LogP contribution in [0, 0.1) is 0 Å². The van der Waals surface area contributed by atoms with Crippen LogP contribution < -0.4 is 10.6 Å². The number of urea groups is 1. The zero-order valence-electron chi connectivity index (χ0n) is 14.0. The molecule has 0 saturated carbocycles. The van der Waals surface area contributed by atoms with E-state index < -0.39 is 6.29 Å². The summed E-state index contributed by atoms with van der Waals surface area (Å²) in [6.07, 6.45) is 1.53. The molecular formula is C17H25N3O3. The summed E-state index contributed by atoms with van der Waals surface area (Å²) in [5.41, 5.74) is 1.90. The molecule has 0 atom stereocenters. The fraction of sp³-hybridized carbons (Fsp3) is 0.471. The van der Waals surface area contributed by atoms with Crippen LogP contribution in [0.2, 0.25) is 0 Å². The van der Waals surface area contributed by atoms with E-state index in [4.69, 9.17) is 9.47 Å². The predicted molar refractivity (Wildman–Crippen MR) is 91.7 cm³/mol. The van der Waals surface area contributed by atoms with Gasteiger partial charge in [-0.2, -0.15) is 0 Å². The molecule has 2 aromatic rings. The van der Waals surface area contributed by atoms with Gasteiger partial charge in [-0.1, -0.05) is 18.2 Å². The normalized spacial score (nSPS) is 11.1. The smallest absolute Gasteiger partial charge is 0.319 e. The lowest BCUT2D eigenvalue weighted by molar-refractivity contribution is -0.131. The molecule has 0 saturated heterocycles. The van der Waals surface area contributed by atoms with Crippen molar-refractivity contribution < 1.29 is 14.3 Å². The van der Waals surface area contributed by atoms with Crippen molar-refractivity contribution in [2.45, 2.75) is 33.6 Å². The SMILES string of the molecule is CCOC(CNC(=O)Nc1cn(CC)c2ccccc12)OCC. The molecule has 1 aromatic heterocycles. The summed E-state index contributed by atoms with van der Waals surface area (Å²) in [5, 5.41) is 6.70. The number of hydrogen-bond donors (Lipinski definition) is 2. The van der Waals surface area contributed by atoms with E-state index in [1.165, 1.54) is 0 Å². The van der Waals surface area contributed by atoms with Gasteiger partial charge in [0.1, 0.15) is 0 Å². The second kappa shape index (κ2) is 8.55. The average molecular weight is 319 g/mol. The number of para-hydroxylation sites is 1. The standard InChI is InChI=1S/C17H25N3O3/c1-4-20-12-14(13-9-7-8-10-15(13)20)19-17(21)18-11-16(22-5-2)23-6-3/h7-10,12,16H,4-6,11H2,1-3H3,(H2,18,19,21). The molecule has 0 bridgehead atoms. The highest BCUT2D eigenvalue weighted by molar-refractivity contribution is 6.01. The van der Waals surface area contributed by atoms with E-state index in [9.17, 15) is 4.79 Å². The van der Waals surface area contributed by atoms with Crippen LogP contribution in [0.1, 0.15) is 20.8 Å². The number of ether oxygens (including phenoxy) is 2. The van der Waals surface area contributed by atoms with Crippen molar-refractivity contribution in [2.75, 3.05) is 25.1 Å². The first-order valence-corrected chi connectivity index (χ1v) is 8.05. The molecule has 1 aromatic carbocycles. The molecule has 0 spiro atoms. The van der Waals surface area contributed by atoms with Crippen molar-refractivity contribution >= 4 is 22.6 Å². The van der Waals surface area contributed by atoms with Gasteiger partial charge in [-0.25, -0.2) is 4.79 Å². The number of amides is 2. The van der Waals surface area contributed by atoms with Crippen molar-refractivity contribution in [3.8, 4) is 0 Å². The third-order valence-corrected chi connectivity index (χ3v) is 3.51. The fourth-order valence-corrected chi connectivity index (χ4v) is 2.49. The molecule has 2 amide bonds. The van der Waals surface area contributed by atoms with E-state index >= 15 is 0 Å². The van der Waals surface area contributed by atoms with Gasteiger partial charge in [-0.05, 0) is 26.8 Å². The van der Waals surface area contributed by atoms with Crippen molar-refractivity contribution in [1.29, 1.82) is 0 Å². The molecule has 2 N–H and O–H groups in total. The maximum Gasteiger partial charge on any atom is 0.319 e. The van der Waals surface area contributed by atoms with Gasteiger partial charge in [0.25, 0.3) is 0 Å². The Labute approximate surface area is 136 Å². The average Bonchev–Trinajstić information content (AvgIpc) is 2.91. The van der Waals surface area contributed by atoms with Gasteiger partial charge in [0, 0.05) is 31.3 Å². The highest BCUT2D eigenvalue weighted by Crippen LogP contribution is 2.25. The lowest BCUT2D eigenvalue weighted by atomic mass is 10.2. The number of aryl methyl sites for hydroxylation is 1. The van der Waals surface area contributed by atoms with Crippen LogP contribution in [0.25, 0.3) is 10.9 Å². The maximum absolute atomic E-state index is 12.1. The summed E-state index contributed by atoms with van der Waals surface area (Å²) >= 11 is 0. The molecule has 6 heteroatoms. The summed E-state index contributed by atoms with van der Waals surface area (Å²) in [4.78, 5) is 12.1. The van der Waals surface area contributed by atoms with Crippen molar-refractivity contribution in [3.05, 3.63) is 30.5 Å². The van der Waals surface area contributed by atoms with Gasteiger partial charge >= 0.3 is 6.03 Å². The minimum atomic E-state index is -0.423. The largest absolute Gasteiger partial charge is 0.351 e. The topological polar surface area (TPSA) is 64.5 Å². The van der Waals surface area contributed by atoms with Gasteiger partial charge in [0.2, 0.25) is 0 Å². The summed E-state index contributed by atoms with van der Waals surface area (Å²) in [6.45, 7) is 8.10. The highest BCUT2D eigenvalue weighted by atomic mass is 16.7. The zero-order chi connectivity index (χ0) is 16.7. The van der Waals surface area contributed by atoms with E-state index in [1.54, 1.807) is 0 Å². The maximum atomic E-state index is 12.1. The third-order valence-electron chi connectivity index (χ3n) is 3.51. The molecule has 0 aliphatic carbocycles. The predicted octanol–water partition coefficient (Wildman–Crippen LogP) is 3.18. The van der Waals surface area contributed by atoms with Gasteiger partial charge in [0.05, 0.1) is 17.7 Å². The first kappa shape index (κ1) is 17.3. The molecule has 0 aliphatic heterocycles. The highest BCUT2D eigenvalue weighted by Gasteiger charge is 2.12. The second-order valence-corrected chi connectivity index (χ2v) is 5.02. The monoisotopic (exact) mass is 319 g/mol. The van der Waals surface area contributed by atoms with Crippen LogP contribution in [-0.4, -0.2) is 36.6 Å². The Kier molecular flexibility index (Phi) is 6.43. The molecule has 2 rings (SSSR count). The summed E-state index contributed by atoms with van der Waals surface area (Å²) < 4.78 is 12.9. The Morgan fingerprint density at radius 3 is 2.52 bits per heavy atom. The van der Waals surface area contributed by atoms with Crippen molar-refractivity contribution in [3.63, 3.8) is 0 Å². The summed E-state index contributed by atoms with van der Waals surface area (Å²) in [5.74, 6) is 0. The van der Waals surface area contributed by atoms with E-state index in [2.05, 4.69) is 22.1 Å². The van der Waals surface area contributed by atoms with Gasteiger partial charge in [-0.3, -0.25) is 0 Å². The number of anilines is 1. The van der Waals surface area contributed by atoms with Gasteiger partial charge in [-0.15, -0.1) is 0 Å². The van der Waals surface area contributed by atoms with E-state index in [-0.39, 0.29) is 6.03 Å². The summed E-state index contributed by atoms with van der Waals surface area (Å²) in [6, 6.07) is 7.73. The molecule has 0 fully saturated rings. The first-order chi connectivity index (χ1) is 11.2. The Balaban J connectivity index is 2.00. The van der Waals surface area contributed by atoms with Crippen molar-refractivity contribution in [2.24, 2.45) is 0 Å². The molecule has 1 heterocycles. The van der Waals surface area contributed by atoms with Crippen LogP contribution in [0.5, 0.6) is 0 Å². The number of fused-ring (bicyclic) bond motifs is 1. The van der Waals surface area contributed by atoms with Gasteiger partial charge in [0.15, 0.2) is 6.29 Å². The Hall–Kier alpha value is -2.05. The van der Waals surface area contributed by atoms with E-state index in [0.29, 0.717) is 19.8 Å².